The second-order valence-electron chi connectivity index (χ2n) is 2.07. The maximum Gasteiger partial charge on any atom is 0.556 e. The fraction of sp³-hybridized carbons (Fsp3) is 0. The number of hydrogen-bond acceptors (Lipinski definition) is 5. The van der Waals surface area contributed by atoms with Gasteiger partial charge in [0.05, 0.1) is 0 Å². The number of phosphoric acid groups is 1. The summed E-state index contributed by atoms with van der Waals surface area (Å²) in [4.78, 5) is 0. The van der Waals surface area contributed by atoms with E-state index in [9.17, 15) is 4.57 Å². The van der Waals surface area contributed by atoms with Crippen LogP contribution >= 0.6 is 20.1 Å². The van der Waals surface area contributed by atoms with Gasteiger partial charge in [-0.2, -0.15) is 7.94 Å². The molecule has 6 heteroatoms. The Balaban J connectivity index is 2.09. The van der Waals surface area contributed by atoms with Gasteiger partial charge in [0.15, 0.2) is 12.3 Å². The molecule has 1 aromatic rings. The van der Waals surface area contributed by atoms with E-state index >= 15 is 0 Å². The van der Waals surface area contributed by atoms with Crippen LogP contribution in [0.5, 0.6) is 5.75 Å². The molecule has 4 nitrogen and oxygen atoms in total. The molecule has 0 amide bonds. The van der Waals surface area contributed by atoms with Crippen molar-refractivity contribution in [1.82, 2.24) is 0 Å². The van der Waals surface area contributed by atoms with Gasteiger partial charge in [-0.3, -0.25) is 0 Å². The molecule has 0 N–H and O–H groups in total. The van der Waals surface area contributed by atoms with Crippen molar-refractivity contribution in [1.29, 1.82) is 0 Å². The van der Waals surface area contributed by atoms with Crippen LogP contribution in [0, 0.1) is 0 Å². The van der Waals surface area contributed by atoms with E-state index in [2.05, 4.69) is 7.94 Å². The predicted octanol–water partition coefficient (Wildman–Crippen LogP) is 2.78. The van der Waals surface area contributed by atoms with E-state index in [1.807, 2.05) is 6.07 Å². The van der Waals surface area contributed by atoms with Gasteiger partial charge in [-0.15, -0.1) is 0 Å². The molecular weight excluding hydrogens is 199 g/mol. The quantitative estimate of drug-likeness (QED) is 0.547. The van der Waals surface area contributed by atoms with Crippen molar-refractivity contribution in [2.75, 3.05) is 0 Å². The van der Waals surface area contributed by atoms with Crippen LogP contribution < -0.4 is 4.52 Å². The van der Waals surface area contributed by atoms with E-state index in [0.29, 0.717) is 18.1 Å². The van der Waals surface area contributed by atoms with Gasteiger partial charge in [-0.1, -0.05) is 18.2 Å². The molecule has 0 aromatic heterocycles. The summed E-state index contributed by atoms with van der Waals surface area (Å²) in [5.74, 6) is 0.473. The highest BCUT2D eigenvalue weighted by molar-refractivity contribution is 8.02. The van der Waals surface area contributed by atoms with Gasteiger partial charge in [-0.25, -0.2) is 4.57 Å². The maximum absolute atomic E-state index is 11.2. The van der Waals surface area contributed by atoms with E-state index in [4.69, 9.17) is 4.52 Å². The third-order valence-corrected chi connectivity index (χ3v) is 3.59. The van der Waals surface area contributed by atoms with E-state index < -0.39 is 7.82 Å². The van der Waals surface area contributed by atoms with Gasteiger partial charge >= 0.3 is 7.82 Å². The summed E-state index contributed by atoms with van der Waals surface area (Å²) in [5, 5.41) is 0. The monoisotopic (exact) mass is 204 g/mol. The average Bonchev–Trinajstić information content (AvgIpc) is 2.04. The predicted molar refractivity (Wildman–Crippen MR) is 44.4 cm³/mol. The van der Waals surface area contributed by atoms with Crippen LogP contribution in [0.3, 0.4) is 0 Å². The van der Waals surface area contributed by atoms with Crippen LogP contribution in [0.15, 0.2) is 30.3 Å². The summed E-state index contributed by atoms with van der Waals surface area (Å²) in [7, 11) is -3.25. The molecule has 0 atom stereocenters. The Bertz CT molecular complexity index is 307. The summed E-state index contributed by atoms with van der Waals surface area (Å²) in [6.45, 7) is 0. The Labute approximate surface area is 73.9 Å². The lowest BCUT2D eigenvalue weighted by atomic mass is 10.3. The molecule has 64 valence electrons. The molecule has 1 heterocycles. The topological polar surface area (TPSA) is 44.8 Å². The molecule has 0 radical (unpaired) electrons. The smallest absolute Gasteiger partial charge is 0.403 e. The Hall–Kier alpha value is -0.480. The summed E-state index contributed by atoms with van der Waals surface area (Å²) in [5.41, 5.74) is 0. The first-order valence-electron chi connectivity index (χ1n) is 3.18. The number of hydrogen-bond donors (Lipinski definition) is 0. The van der Waals surface area contributed by atoms with Crippen LogP contribution in [0.2, 0.25) is 0 Å². The highest BCUT2D eigenvalue weighted by atomic mass is 32.2. The molecule has 1 aliphatic heterocycles. The minimum Gasteiger partial charge on any atom is -0.403 e. The lowest BCUT2D eigenvalue weighted by Gasteiger charge is -2.21. The normalized spacial score (nSPS) is 19.7. The second kappa shape index (κ2) is 3.11. The molecule has 1 aliphatic rings. The Morgan fingerprint density at radius 2 is 1.92 bits per heavy atom. The first-order chi connectivity index (χ1) is 5.79. The highest BCUT2D eigenvalue weighted by Crippen LogP contribution is 2.64. The molecule has 1 fully saturated rings. The zero-order chi connectivity index (χ0) is 8.44. The van der Waals surface area contributed by atoms with Crippen molar-refractivity contribution in [3.8, 4) is 5.75 Å². The standard InChI is InChI=1S/C6H5O4PS/c7-11(9-12-10-11)8-6-4-2-1-3-5-6/h1-5H. The van der Waals surface area contributed by atoms with Gasteiger partial charge in [0.2, 0.25) is 0 Å². The van der Waals surface area contributed by atoms with Crippen LogP contribution in [0.1, 0.15) is 0 Å². The minimum absolute atomic E-state index is 0.473. The van der Waals surface area contributed by atoms with Crippen LogP contribution in [0.4, 0.5) is 0 Å². The van der Waals surface area contributed by atoms with E-state index in [-0.39, 0.29) is 0 Å². The maximum atomic E-state index is 11.2. The van der Waals surface area contributed by atoms with Gasteiger partial charge in [0.25, 0.3) is 0 Å². The van der Waals surface area contributed by atoms with E-state index in [1.165, 1.54) is 0 Å². The zero-order valence-electron chi connectivity index (χ0n) is 5.88. The zero-order valence-corrected chi connectivity index (χ0v) is 7.59. The van der Waals surface area contributed by atoms with Crippen LogP contribution in [0.25, 0.3) is 0 Å². The molecule has 0 saturated carbocycles. The summed E-state index contributed by atoms with van der Waals surface area (Å²) in [6.07, 6.45) is 0. The van der Waals surface area contributed by atoms with Crippen molar-refractivity contribution in [3.63, 3.8) is 0 Å². The van der Waals surface area contributed by atoms with Gasteiger partial charge in [0, 0.05) is 0 Å². The third kappa shape index (κ3) is 1.64. The van der Waals surface area contributed by atoms with Gasteiger partial charge in [0.1, 0.15) is 5.75 Å². The van der Waals surface area contributed by atoms with E-state index in [1.54, 1.807) is 24.3 Å². The Morgan fingerprint density at radius 1 is 1.25 bits per heavy atom. The minimum atomic E-state index is -3.25. The fourth-order valence-corrected chi connectivity index (χ4v) is 1.99. The second-order valence-corrected chi connectivity index (χ2v) is 4.47. The highest BCUT2D eigenvalue weighted by Gasteiger charge is 2.40. The first-order valence-corrected chi connectivity index (χ1v) is 5.31. The van der Waals surface area contributed by atoms with Crippen molar-refractivity contribution < 1.29 is 17.0 Å². The molecule has 0 bridgehead atoms. The molecule has 1 saturated heterocycles. The van der Waals surface area contributed by atoms with Crippen LogP contribution in [-0.2, 0) is 12.5 Å². The lowest BCUT2D eigenvalue weighted by Crippen LogP contribution is -2.02. The molecule has 0 spiro atoms. The van der Waals surface area contributed by atoms with Crippen molar-refractivity contribution in [3.05, 3.63) is 30.3 Å². The summed E-state index contributed by atoms with van der Waals surface area (Å²) < 4.78 is 25.2. The largest absolute Gasteiger partial charge is 0.556 e. The van der Waals surface area contributed by atoms with Crippen molar-refractivity contribution >= 4 is 20.1 Å². The van der Waals surface area contributed by atoms with E-state index in [0.717, 1.165) is 0 Å². The summed E-state index contributed by atoms with van der Waals surface area (Å²) >= 11 is 0.675. The number of benzene rings is 1. The molecule has 1 aromatic carbocycles. The molecule has 12 heavy (non-hydrogen) atoms. The fourth-order valence-electron chi connectivity index (χ4n) is 0.721. The molecule has 2 rings (SSSR count). The Kier molecular flexibility index (Phi) is 2.11. The number of rotatable bonds is 2. The molecule has 0 aliphatic carbocycles. The van der Waals surface area contributed by atoms with Crippen LogP contribution in [-0.4, -0.2) is 0 Å². The average molecular weight is 204 g/mol. The Morgan fingerprint density at radius 3 is 2.42 bits per heavy atom. The lowest BCUT2D eigenvalue weighted by molar-refractivity contribution is 0.277. The third-order valence-electron chi connectivity index (χ3n) is 1.20. The van der Waals surface area contributed by atoms with Crippen molar-refractivity contribution in [2.45, 2.75) is 0 Å². The SMILES string of the molecule is O=P1(Oc2ccccc2)OSO1. The molecular formula is C6H5O4PS. The van der Waals surface area contributed by atoms with Crippen molar-refractivity contribution in [2.24, 2.45) is 0 Å². The number of para-hydroxylation sites is 1. The summed E-state index contributed by atoms with van der Waals surface area (Å²) in [6, 6.07) is 8.73. The van der Waals surface area contributed by atoms with Gasteiger partial charge < -0.3 is 4.52 Å². The first kappa shape index (κ1) is 8.13. The molecule has 0 unspecified atom stereocenters. The van der Waals surface area contributed by atoms with Gasteiger partial charge in [-0.05, 0) is 12.1 Å².